The van der Waals surface area contributed by atoms with Crippen molar-refractivity contribution in [2.24, 2.45) is 0 Å². The molecule has 1 N–H and O–H groups in total. The molecule has 1 aromatic heterocycles. The fraction of sp³-hybridized carbons (Fsp3) is 0.100. The number of benzene rings is 1. The molecule has 1 heterocycles. The zero-order valence-corrected chi connectivity index (χ0v) is 7.00. The molecule has 0 aliphatic rings. The van der Waals surface area contributed by atoms with Gasteiger partial charge in [0.2, 0.25) is 0 Å². The normalized spacial score (nSPS) is 9.08. The molecule has 2 nitrogen and oxygen atoms in total. The molecule has 2 heteroatoms. The van der Waals surface area contributed by atoms with Crippen LogP contribution in [0.3, 0.4) is 0 Å². The van der Waals surface area contributed by atoms with Gasteiger partial charge in [0.25, 0.3) is 0 Å². The van der Waals surface area contributed by atoms with Gasteiger partial charge in [-0.1, -0.05) is 18.2 Å². The number of rotatable bonds is 0. The van der Waals surface area contributed by atoms with Crippen molar-refractivity contribution >= 4 is 17.7 Å². The molecule has 0 amide bonds. The molecule has 0 saturated heterocycles. The van der Waals surface area contributed by atoms with Crippen LogP contribution in [0.1, 0.15) is 5.56 Å². The summed E-state index contributed by atoms with van der Waals surface area (Å²) in [5.74, 6) is 0. The van der Waals surface area contributed by atoms with Crippen molar-refractivity contribution in [3.05, 3.63) is 36.0 Å². The molecule has 1 aromatic carbocycles. The summed E-state index contributed by atoms with van der Waals surface area (Å²) < 4.78 is 0. The van der Waals surface area contributed by atoms with Crippen molar-refractivity contribution in [2.75, 3.05) is 0 Å². The average molecular weight is 161 g/mol. The van der Waals surface area contributed by atoms with E-state index in [2.05, 4.69) is 30.1 Å². The first kappa shape index (κ1) is 8.53. The van der Waals surface area contributed by atoms with Crippen LogP contribution in [0.5, 0.6) is 0 Å². The van der Waals surface area contributed by atoms with Crippen molar-refractivity contribution in [3.63, 3.8) is 0 Å². The lowest BCUT2D eigenvalue weighted by atomic mass is 10.2. The maximum Gasteiger partial charge on any atom is 0.106 e. The number of para-hydroxylation sites is 1. The molecule has 0 atom stereocenters. The molecule has 2 aromatic rings. The van der Waals surface area contributed by atoms with Gasteiger partial charge in [-0.15, -0.1) is 0 Å². The van der Waals surface area contributed by atoms with Crippen LogP contribution >= 0.6 is 0 Å². The SMILES string of the molecule is C=O.Cc1c[nH]c2ccccc12. The number of aryl methyl sites for hydroxylation is 1. The summed E-state index contributed by atoms with van der Waals surface area (Å²) >= 11 is 0. The van der Waals surface area contributed by atoms with Crippen LogP contribution in [0.15, 0.2) is 30.5 Å². The highest BCUT2D eigenvalue weighted by Gasteiger charge is 1.94. The Hall–Kier alpha value is -1.57. The Morgan fingerprint density at radius 1 is 1.25 bits per heavy atom. The fourth-order valence-corrected chi connectivity index (χ4v) is 1.22. The molecular formula is C10H11NO. The zero-order valence-electron chi connectivity index (χ0n) is 7.00. The first-order chi connectivity index (χ1) is 5.88. The van der Waals surface area contributed by atoms with Gasteiger partial charge in [-0.2, -0.15) is 0 Å². The highest BCUT2D eigenvalue weighted by molar-refractivity contribution is 5.82. The lowest BCUT2D eigenvalue weighted by Gasteiger charge is -1.86. The van der Waals surface area contributed by atoms with Crippen LogP contribution in [-0.4, -0.2) is 11.8 Å². The van der Waals surface area contributed by atoms with Crippen molar-refractivity contribution in [3.8, 4) is 0 Å². The van der Waals surface area contributed by atoms with Crippen molar-refractivity contribution in [2.45, 2.75) is 6.92 Å². The second kappa shape index (κ2) is 3.72. The summed E-state index contributed by atoms with van der Waals surface area (Å²) in [7, 11) is 0. The minimum absolute atomic E-state index is 1.22. The second-order valence-corrected chi connectivity index (χ2v) is 2.52. The van der Waals surface area contributed by atoms with Crippen LogP contribution in [0.25, 0.3) is 10.9 Å². The Labute approximate surface area is 71.2 Å². The second-order valence-electron chi connectivity index (χ2n) is 2.52. The third-order valence-electron chi connectivity index (χ3n) is 1.80. The standard InChI is InChI=1S/C9H9N.CH2O/c1-7-6-10-9-5-3-2-4-8(7)9;1-2/h2-6,10H,1H3;1H2. The van der Waals surface area contributed by atoms with Gasteiger partial charge in [0, 0.05) is 17.1 Å². The fourth-order valence-electron chi connectivity index (χ4n) is 1.22. The number of hydrogen-bond donors (Lipinski definition) is 1. The molecule has 0 radical (unpaired) electrons. The molecule has 12 heavy (non-hydrogen) atoms. The molecule has 0 fully saturated rings. The number of carbonyl (C=O) groups is 1. The van der Waals surface area contributed by atoms with Gasteiger partial charge < -0.3 is 9.78 Å². The highest BCUT2D eigenvalue weighted by atomic mass is 16.1. The predicted octanol–water partition coefficient (Wildman–Crippen LogP) is 2.29. The summed E-state index contributed by atoms with van der Waals surface area (Å²) in [5, 5.41) is 1.32. The number of nitrogens with one attached hydrogen (secondary N) is 1. The van der Waals surface area contributed by atoms with E-state index in [1.807, 2.05) is 19.1 Å². The summed E-state index contributed by atoms with van der Waals surface area (Å²) in [4.78, 5) is 11.2. The minimum Gasteiger partial charge on any atom is -0.361 e. The molecule has 0 unspecified atom stereocenters. The topological polar surface area (TPSA) is 32.9 Å². The van der Waals surface area contributed by atoms with Crippen LogP contribution in [0.2, 0.25) is 0 Å². The number of aromatic amines is 1. The monoisotopic (exact) mass is 161 g/mol. The van der Waals surface area contributed by atoms with Gasteiger partial charge in [-0.25, -0.2) is 0 Å². The van der Waals surface area contributed by atoms with Crippen molar-refractivity contribution < 1.29 is 4.79 Å². The number of aromatic nitrogens is 1. The van der Waals surface area contributed by atoms with Gasteiger partial charge in [-0.05, 0) is 18.6 Å². The summed E-state index contributed by atoms with van der Waals surface area (Å²) in [6.07, 6.45) is 2.03. The van der Waals surface area contributed by atoms with E-state index in [0.29, 0.717) is 0 Å². The molecular weight excluding hydrogens is 150 g/mol. The van der Waals surface area contributed by atoms with Crippen molar-refractivity contribution in [1.29, 1.82) is 0 Å². The van der Waals surface area contributed by atoms with E-state index in [1.54, 1.807) is 0 Å². The summed E-state index contributed by atoms with van der Waals surface area (Å²) in [6, 6.07) is 8.31. The summed E-state index contributed by atoms with van der Waals surface area (Å²) in [5.41, 5.74) is 2.54. The van der Waals surface area contributed by atoms with Gasteiger partial charge >= 0.3 is 0 Å². The number of fused-ring (bicyclic) bond motifs is 1. The van der Waals surface area contributed by atoms with Crippen LogP contribution < -0.4 is 0 Å². The van der Waals surface area contributed by atoms with E-state index in [0.717, 1.165) is 0 Å². The Morgan fingerprint density at radius 3 is 2.58 bits per heavy atom. The molecule has 0 saturated carbocycles. The third-order valence-corrected chi connectivity index (χ3v) is 1.80. The van der Waals surface area contributed by atoms with Gasteiger partial charge in [-0.3, -0.25) is 0 Å². The quantitative estimate of drug-likeness (QED) is 0.631. The van der Waals surface area contributed by atoms with E-state index in [4.69, 9.17) is 4.79 Å². The number of carbonyl (C=O) groups excluding carboxylic acids is 1. The molecule has 0 spiro atoms. The smallest absolute Gasteiger partial charge is 0.106 e. The van der Waals surface area contributed by atoms with Crippen LogP contribution in [-0.2, 0) is 4.79 Å². The molecule has 0 aliphatic carbocycles. The van der Waals surface area contributed by atoms with E-state index < -0.39 is 0 Å². The molecule has 0 aliphatic heterocycles. The van der Waals surface area contributed by atoms with Gasteiger partial charge in [0.05, 0.1) is 0 Å². The minimum atomic E-state index is 1.22. The van der Waals surface area contributed by atoms with E-state index in [-0.39, 0.29) is 0 Å². The number of H-pyrrole nitrogens is 1. The molecule has 0 bridgehead atoms. The molecule has 2 rings (SSSR count). The third kappa shape index (κ3) is 1.37. The Balaban J connectivity index is 0.000000336. The zero-order chi connectivity index (χ0) is 8.97. The van der Waals surface area contributed by atoms with E-state index in [1.165, 1.54) is 16.5 Å². The van der Waals surface area contributed by atoms with Crippen LogP contribution in [0, 0.1) is 6.92 Å². The maximum atomic E-state index is 8.00. The predicted molar refractivity (Wildman–Crippen MR) is 50.2 cm³/mol. The Bertz CT molecular complexity index is 365. The lowest BCUT2D eigenvalue weighted by molar-refractivity contribution is -0.0979. The first-order valence-corrected chi connectivity index (χ1v) is 3.69. The van der Waals surface area contributed by atoms with E-state index in [9.17, 15) is 0 Å². The van der Waals surface area contributed by atoms with Gasteiger partial charge in [0.1, 0.15) is 6.79 Å². The Kier molecular flexibility index (Phi) is 2.64. The lowest BCUT2D eigenvalue weighted by Crippen LogP contribution is -1.64. The first-order valence-electron chi connectivity index (χ1n) is 3.69. The largest absolute Gasteiger partial charge is 0.361 e. The van der Waals surface area contributed by atoms with Crippen molar-refractivity contribution in [1.82, 2.24) is 4.98 Å². The van der Waals surface area contributed by atoms with Gasteiger partial charge in [0.15, 0.2) is 0 Å². The Morgan fingerprint density at radius 2 is 1.92 bits per heavy atom. The summed E-state index contributed by atoms with van der Waals surface area (Å²) in [6.45, 7) is 4.11. The maximum absolute atomic E-state index is 8.00. The number of hydrogen-bond acceptors (Lipinski definition) is 1. The highest BCUT2D eigenvalue weighted by Crippen LogP contribution is 2.15. The van der Waals surface area contributed by atoms with Crippen LogP contribution in [0.4, 0.5) is 0 Å². The van der Waals surface area contributed by atoms with E-state index >= 15 is 0 Å². The molecule has 62 valence electrons. The average Bonchev–Trinajstić information content (AvgIpc) is 2.53.